The summed E-state index contributed by atoms with van der Waals surface area (Å²) in [5, 5.41) is 0. The highest BCUT2D eigenvalue weighted by Gasteiger charge is 2.25. The first-order chi connectivity index (χ1) is 9.56. The van der Waals surface area contributed by atoms with Crippen molar-refractivity contribution in [3.8, 4) is 11.4 Å². The molecule has 0 saturated carbocycles. The molecule has 2 aromatic rings. The molecule has 0 saturated heterocycles. The van der Waals surface area contributed by atoms with Gasteiger partial charge >= 0.3 is 0 Å². The van der Waals surface area contributed by atoms with Gasteiger partial charge in [0.15, 0.2) is 5.82 Å². The second-order valence-electron chi connectivity index (χ2n) is 5.62. The van der Waals surface area contributed by atoms with Crippen molar-refractivity contribution >= 4 is 0 Å². The van der Waals surface area contributed by atoms with E-state index >= 15 is 0 Å². The number of aromatic nitrogens is 2. The molecule has 104 valence electrons. The molecule has 0 aliphatic heterocycles. The minimum atomic E-state index is -0.570. The van der Waals surface area contributed by atoms with Crippen molar-refractivity contribution in [2.24, 2.45) is 5.92 Å². The smallest absolute Gasteiger partial charge is 0.165 e. The Balaban J connectivity index is 2.15. The summed E-state index contributed by atoms with van der Waals surface area (Å²) in [4.78, 5) is 8.09. The summed E-state index contributed by atoms with van der Waals surface area (Å²) in [5.41, 5.74) is 2.18. The van der Waals surface area contributed by atoms with Gasteiger partial charge in [0.1, 0.15) is 11.6 Å². The van der Waals surface area contributed by atoms with Gasteiger partial charge < -0.3 is 0 Å². The van der Waals surface area contributed by atoms with Crippen LogP contribution in [0.2, 0.25) is 0 Å². The van der Waals surface area contributed by atoms with Gasteiger partial charge in [0.25, 0.3) is 0 Å². The largest absolute Gasteiger partial charge is 0.236 e. The van der Waals surface area contributed by atoms with Crippen molar-refractivity contribution in [3.63, 3.8) is 0 Å². The van der Waals surface area contributed by atoms with Gasteiger partial charge in [-0.3, -0.25) is 0 Å². The number of rotatable bonds is 1. The van der Waals surface area contributed by atoms with Crippen molar-refractivity contribution in [1.82, 2.24) is 9.97 Å². The normalized spacial score (nSPS) is 17.9. The van der Waals surface area contributed by atoms with Crippen LogP contribution in [0.15, 0.2) is 18.5 Å². The summed E-state index contributed by atoms with van der Waals surface area (Å²) in [6.45, 7) is 3.94. The fourth-order valence-corrected chi connectivity index (χ4v) is 2.76. The van der Waals surface area contributed by atoms with Gasteiger partial charge in [0.05, 0.1) is 5.56 Å². The lowest BCUT2D eigenvalue weighted by atomic mass is 9.83. The third-order valence-corrected chi connectivity index (χ3v) is 3.87. The van der Waals surface area contributed by atoms with Crippen LogP contribution in [-0.2, 0) is 12.8 Å². The van der Waals surface area contributed by atoms with Gasteiger partial charge in [-0.15, -0.1) is 0 Å². The maximum absolute atomic E-state index is 14.6. The van der Waals surface area contributed by atoms with Crippen molar-refractivity contribution < 1.29 is 8.78 Å². The van der Waals surface area contributed by atoms with E-state index in [2.05, 4.69) is 16.9 Å². The van der Waals surface area contributed by atoms with E-state index in [1.165, 1.54) is 6.07 Å². The zero-order chi connectivity index (χ0) is 14.3. The molecule has 0 amide bonds. The zero-order valence-corrected chi connectivity index (χ0v) is 11.6. The van der Waals surface area contributed by atoms with E-state index in [9.17, 15) is 8.78 Å². The van der Waals surface area contributed by atoms with Crippen LogP contribution in [0.4, 0.5) is 8.78 Å². The minimum absolute atomic E-state index is 0.0988. The number of fused-ring (bicyclic) bond motifs is 1. The number of aryl methyl sites for hydroxylation is 1. The van der Waals surface area contributed by atoms with Gasteiger partial charge in [-0.1, -0.05) is 6.92 Å². The maximum Gasteiger partial charge on any atom is 0.165 e. The first-order valence-corrected chi connectivity index (χ1v) is 6.85. The number of hydrogen-bond donors (Lipinski definition) is 0. The van der Waals surface area contributed by atoms with Crippen molar-refractivity contribution in [2.45, 2.75) is 33.1 Å². The first-order valence-electron chi connectivity index (χ1n) is 6.85. The van der Waals surface area contributed by atoms with E-state index in [-0.39, 0.29) is 11.4 Å². The molecule has 4 heteroatoms. The van der Waals surface area contributed by atoms with Crippen LogP contribution in [0.3, 0.4) is 0 Å². The molecule has 1 aliphatic rings. The van der Waals surface area contributed by atoms with Crippen LogP contribution in [0.1, 0.15) is 30.0 Å². The van der Waals surface area contributed by atoms with Gasteiger partial charge in [-0.05, 0) is 54.9 Å². The van der Waals surface area contributed by atoms with Crippen molar-refractivity contribution in [1.29, 1.82) is 0 Å². The predicted octanol–water partition coefficient (Wildman–Crippen LogP) is 3.86. The van der Waals surface area contributed by atoms with Crippen LogP contribution in [0.25, 0.3) is 11.4 Å². The molecule has 20 heavy (non-hydrogen) atoms. The average molecular weight is 274 g/mol. The molecule has 0 N–H and O–H groups in total. The molecule has 0 bridgehead atoms. The Hall–Kier alpha value is -1.84. The standard InChI is InChI=1S/C16H16F2N2/c1-9-3-4-12-11(5-9)6-13(17)14(15(12)18)16-19-7-10(2)8-20-16/h6-9H,3-5H2,1-2H3. The number of halogens is 2. The second kappa shape index (κ2) is 4.93. The van der Waals surface area contributed by atoms with E-state index in [1.807, 2.05) is 6.92 Å². The Labute approximate surface area is 116 Å². The van der Waals surface area contributed by atoms with Gasteiger partial charge in [-0.25, -0.2) is 18.7 Å². The second-order valence-corrected chi connectivity index (χ2v) is 5.62. The van der Waals surface area contributed by atoms with E-state index in [1.54, 1.807) is 12.4 Å². The Morgan fingerprint density at radius 3 is 2.60 bits per heavy atom. The van der Waals surface area contributed by atoms with Gasteiger partial charge in [0, 0.05) is 12.4 Å². The molecule has 1 atom stereocenters. The fraction of sp³-hybridized carbons (Fsp3) is 0.375. The molecular formula is C16H16F2N2. The highest BCUT2D eigenvalue weighted by molar-refractivity contribution is 5.60. The first kappa shape index (κ1) is 13.2. The molecule has 1 aliphatic carbocycles. The van der Waals surface area contributed by atoms with E-state index in [4.69, 9.17) is 0 Å². The molecule has 2 nitrogen and oxygen atoms in total. The molecule has 1 unspecified atom stereocenters. The Morgan fingerprint density at radius 2 is 1.90 bits per heavy atom. The van der Waals surface area contributed by atoms with Crippen LogP contribution in [-0.4, -0.2) is 9.97 Å². The zero-order valence-electron chi connectivity index (χ0n) is 11.6. The molecule has 1 aromatic heterocycles. The van der Waals surface area contributed by atoms with E-state index in [0.717, 1.165) is 24.0 Å². The lowest BCUT2D eigenvalue weighted by Crippen LogP contribution is -2.15. The summed E-state index contributed by atoms with van der Waals surface area (Å²) < 4.78 is 28.8. The maximum atomic E-state index is 14.6. The quantitative estimate of drug-likeness (QED) is 0.789. The number of hydrogen-bond acceptors (Lipinski definition) is 2. The van der Waals surface area contributed by atoms with Crippen LogP contribution in [0.5, 0.6) is 0 Å². The van der Waals surface area contributed by atoms with Crippen molar-refractivity contribution in [2.75, 3.05) is 0 Å². The summed E-state index contributed by atoms with van der Waals surface area (Å²) in [6, 6.07) is 1.45. The summed E-state index contributed by atoms with van der Waals surface area (Å²) in [7, 11) is 0. The number of benzene rings is 1. The summed E-state index contributed by atoms with van der Waals surface area (Å²) in [6.07, 6.45) is 5.47. The lowest BCUT2D eigenvalue weighted by Gasteiger charge is -2.23. The molecule has 1 aromatic carbocycles. The monoisotopic (exact) mass is 274 g/mol. The fourth-order valence-electron chi connectivity index (χ4n) is 2.76. The highest BCUT2D eigenvalue weighted by Crippen LogP contribution is 2.33. The third kappa shape index (κ3) is 2.19. The third-order valence-electron chi connectivity index (χ3n) is 3.87. The molecule has 1 heterocycles. The predicted molar refractivity (Wildman–Crippen MR) is 73.3 cm³/mol. The molecule has 3 rings (SSSR count). The van der Waals surface area contributed by atoms with Crippen LogP contribution < -0.4 is 0 Å². The van der Waals surface area contributed by atoms with Crippen LogP contribution in [0, 0.1) is 24.5 Å². The Morgan fingerprint density at radius 1 is 1.20 bits per heavy atom. The minimum Gasteiger partial charge on any atom is -0.236 e. The Bertz CT molecular complexity index is 651. The van der Waals surface area contributed by atoms with Gasteiger partial charge in [-0.2, -0.15) is 0 Å². The number of nitrogens with zero attached hydrogens (tertiary/aromatic N) is 2. The van der Waals surface area contributed by atoms with Crippen molar-refractivity contribution in [3.05, 3.63) is 46.8 Å². The van der Waals surface area contributed by atoms with Crippen LogP contribution >= 0.6 is 0 Å². The lowest BCUT2D eigenvalue weighted by molar-refractivity contribution is 0.476. The SMILES string of the molecule is Cc1cnc(-c2c(F)cc3c(c2F)CCC(C)C3)nc1. The molecule has 0 radical (unpaired) electrons. The molecular weight excluding hydrogens is 258 g/mol. The van der Waals surface area contributed by atoms with Gasteiger partial charge in [0.2, 0.25) is 0 Å². The highest BCUT2D eigenvalue weighted by atomic mass is 19.1. The molecule has 0 spiro atoms. The molecule has 0 fully saturated rings. The van der Waals surface area contributed by atoms with E-state index in [0.29, 0.717) is 17.9 Å². The topological polar surface area (TPSA) is 25.8 Å². The average Bonchev–Trinajstić information content (AvgIpc) is 2.40. The summed E-state index contributed by atoms with van der Waals surface area (Å²) >= 11 is 0. The van der Waals surface area contributed by atoms with E-state index < -0.39 is 11.6 Å². The summed E-state index contributed by atoms with van der Waals surface area (Å²) in [5.74, 6) is -0.468. The Kier molecular flexibility index (Phi) is 3.24.